The van der Waals surface area contributed by atoms with Gasteiger partial charge in [0.2, 0.25) is 0 Å². The van der Waals surface area contributed by atoms with Gasteiger partial charge in [0, 0.05) is 23.4 Å². The zero-order valence-electron chi connectivity index (χ0n) is 18.3. The SMILES string of the molecule is COc1ccc(C(=O)C2(c3ccc(O)c(O)c3)CCN(C)C23C(=O)Nc2ccccc23)cc1. The summed E-state index contributed by atoms with van der Waals surface area (Å²) in [6.45, 7) is 0.477. The molecule has 0 aliphatic carbocycles. The number of ether oxygens (including phenoxy) is 1. The Hall–Kier alpha value is -3.84. The number of carbonyl (C=O) groups excluding carboxylic acids is 2. The van der Waals surface area contributed by atoms with Crippen molar-refractivity contribution in [3.8, 4) is 17.2 Å². The van der Waals surface area contributed by atoms with E-state index in [9.17, 15) is 19.8 Å². The number of Topliss-reactive ketones (excluding diaryl/α,β-unsaturated/α-hetero) is 1. The number of ketones is 1. The van der Waals surface area contributed by atoms with Crippen LogP contribution in [-0.4, -0.2) is 47.5 Å². The topological polar surface area (TPSA) is 99.1 Å². The molecule has 1 fully saturated rings. The zero-order chi connectivity index (χ0) is 23.4. The van der Waals surface area contributed by atoms with Crippen molar-refractivity contribution in [2.75, 3.05) is 26.0 Å². The average Bonchev–Trinajstić information content (AvgIpc) is 3.31. The summed E-state index contributed by atoms with van der Waals surface area (Å²) in [5.74, 6) is -0.553. The molecular formula is C26H24N2O5. The molecule has 168 valence electrons. The number of methoxy groups -OCH3 is 1. The highest BCUT2D eigenvalue weighted by Gasteiger charge is 2.70. The Morgan fingerprint density at radius 1 is 1.03 bits per heavy atom. The summed E-state index contributed by atoms with van der Waals surface area (Å²) in [6.07, 6.45) is 0.348. The second-order valence-corrected chi connectivity index (χ2v) is 8.55. The molecular weight excluding hydrogens is 420 g/mol. The molecule has 2 unspecified atom stereocenters. The molecule has 7 heteroatoms. The number of nitrogens with zero attached hydrogens (tertiary/aromatic N) is 1. The van der Waals surface area contributed by atoms with Crippen molar-refractivity contribution in [2.45, 2.75) is 17.4 Å². The van der Waals surface area contributed by atoms with Crippen LogP contribution in [0.2, 0.25) is 0 Å². The Labute approximate surface area is 191 Å². The molecule has 2 aliphatic heterocycles. The molecule has 3 aromatic rings. The van der Waals surface area contributed by atoms with E-state index >= 15 is 0 Å². The molecule has 3 aromatic carbocycles. The lowest BCUT2D eigenvalue weighted by Gasteiger charge is -2.44. The third-order valence-electron chi connectivity index (χ3n) is 7.11. The van der Waals surface area contributed by atoms with E-state index in [0.29, 0.717) is 41.1 Å². The predicted octanol–water partition coefficient (Wildman–Crippen LogP) is 3.41. The average molecular weight is 444 g/mol. The number of para-hydroxylation sites is 1. The van der Waals surface area contributed by atoms with E-state index in [0.717, 1.165) is 0 Å². The standard InChI is InChI=1S/C26H24N2O5/c1-28-14-13-25(17-9-12-21(29)22(30)15-17,23(31)16-7-10-18(33-2)11-8-16)26(28)19-5-3-4-6-20(19)27-24(26)32/h3-12,15,29-30H,13-14H2,1-2H3,(H,27,32). The van der Waals surface area contributed by atoms with Gasteiger partial charge >= 0.3 is 0 Å². The van der Waals surface area contributed by atoms with E-state index in [1.807, 2.05) is 36.2 Å². The second-order valence-electron chi connectivity index (χ2n) is 8.55. The number of likely N-dealkylation sites (tertiary alicyclic amines) is 1. The number of hydrogen-bond acceptors (Lipinski definition) is 6. The monoisotopic (exact) mass is 444 g/mol. The van der Waals surface area contributed by atoms with E-state index in [2.05, 4.69) is 5.32 Å². The molecule has 3 N–H and O–H groups in total. The van der Waals surface area contributed by atoms with E-state index < -0.39 is 11.0 Å². The molecule has 2 atom stereocenters. The fourth-order valence-electron chi connectivity index (χ4n) is 5.60. The van der Waals surface area contributed by atoms with Crippen molar-refractivity contribution in [1.29, 1.82) is 0 Å². The maximum absolute atomic E-state index is 14.4. The quantitative estimate of drug-likeness (QED) is 0.421. The molecule has 33 heavy (non-hydrogen) atoms. The first-order valence-electron chi connectivity index (χ1n) is 10.7. The highest BCUT2D eigenvalue weighted by atomic mass is 16.5. The number of anilines is 1. The van der Waals surface area contributed by atoms with Crippen molar-refractivity contribution in [3.63, 3.8) is 0 Å². The van der Waals surface area contributed by atoms with Crippen LogP contribution in [-0.2, 0) is 15.7 Å². The predicted molar refractivity (Wildman–Crippen MR) is 123 cm³/mol. The van der Waals surface area contributed by atoms with Gasteiger partial charge in [0.15, 0.2) is 17.3 Å². The minimum atomic E-state index is -1.35. The van der Waals surface area contributed by atoms with Gasteiger partial charge < -0.3 is 20.3 Å². The minimum absolute atomic E-state index is 0.244. The van der Waals surface area contributed by atoms with Crippen molar-refractivity contribution in [2.24, 2.45) is 0 Å². The van der Waals surface area contributed by atoms with Gasteiger partial charge in [-0.2, -0.15) is 0 Å². The van der Waals surface area contributed by atoms with Gasteiger partial charge in [-0.15, -0.1) is 0 Å². The number of fused-ring (bicyclic) bond motifs is 2. The van der Waals surface area contributed by atoms with Gasteiger partial charge in [-0.1, -0.05) is 24.3 Å². The maximum Gasteiger partial charge on any atom is 0.251 e. The number of likely N-dealkylation sites (N-methyl/N-ethyl adjacent to an activating group) is 1. The summed E-state index contributed by atoms with van der Waals surface area (Å²) in [4.78, 5) is 30.2. The first kappa shape index (κ1) is 21.0. The van der Waals surface area contributed by atoms with Crippen LogP contribution < -0.4 is 10.1 Å². The summed E-state index contributed by atoms with van der Waals surface area (Å²) < 4.78 is 5.24. The smallest absolute Gasteiger partial charge is 0.251 e. The van der Waals surface area contributed by atoms with Crippen LogP contribution in [0, 0.1) is 0 Å². The molecule has 0 bridgehead atoms. The summed E-state index contributed by atoms with van der Waals surface area (Å²) in [5.41, 5.74) is -0.414. The van der Waals surface area contributed by atoms with E-state index in [1.54, 1.807) is 37.4 Å². The number of aromatic hydroxyl groups is 2. The van der Waals surface area contributed by atoms with Crippen LogP contribution in [0.4, 0.5) is 5.69 Å². The van der Waals surface area contributed by atoms with Crippen LogP contribution in [0.15, 0.2) is 66.7 Å². The number of nitrogens with one attached hydrogen (secondary N) is 1. The molecule has 1 spiro atoms. The van der Waals surface area contributed by atoms with E-state index in [1.165, 1.54) is 12.1 Å². The van der Waals surface area contributed by atoms with E-state index in [-0.39, 0.29) is 23.2 Å². The number of phenolic OH excluding ortho intramolecular Hbond substituents is 2. The zero-order valence-corrected chi connectivity index (χ0v) is 18.3. The molecule has 1 saturated heterocycles. The molecule has 2 heterocycles. The fraction of sp³-hybridized carbons (Fsp3) is 0.231. The van der Waals surface area contributed by atoms with Crippen LogP contribution >= 0.6 is 0 Å². The maximum atomic E-state index is 14.4. The fourth-order valence-corrected chi connectivity index (χ4v) is 5.60. The van der Waals surface area contributed by atoms with Gasteiger partial charge in [-0.3, -0.25) is 14.5 Å². The highest BCUT2D eigenvalue weighted by Crippen LogP contribution is 2.59. The number of phenols is 2. The van der Waals surface area contributed by atoms with Crippen molar-refractivity contribution < 1.29 is 24.5 Å². The molecule has 5 rings (SSSR count). The Morgan fingerprint density at radius 2 is 1.76 bits per heavy atom. The summed E-state index contributed by atoms with van der Waals surface area (Å²) in [5, 5.41) is 23.3. The number of hydrogen-bond donors (Lipinski definition) is 3. The van der Waals surface area contributed by atoms with Gasteiger partial charge in [-0.25, -0.2) is 0 Å². The Bertz CT molecular complexity index is 1270. The first-order valence-corrected chi connectivity index (χ1v) is 10.7. The molecule has 0 aromatic heterocycles. The Kier molecular flexibility index (Phi) is 4.68. The van der Waals surface area contributed by atoms with Crippen molar-refractivity contribution >= 4 is 17.4 Å². The van der Waals surface area contributed by atoms with Crippen molar-refractivity contribution in [1.82, 2.24) is 4.90 Å². The summed E-state index contributed by atoms with van der Waals surface area (Å²) in [6, 6.07) is 18.6. The lowest BCUT2D eigenvalue weighted by Crippen LogP contribution is -2.60. The molecule has 7 nitrogen and oxygen atoms in total. The third-order valence-corrected chi connectivity index (χ3v) is 7.11. The largest absolute Gasteiger partial charge is 0.504 e. The first-order chi connectivity index (χ1) is 15.9. The van der Waals surface area contributed by atoms with Crippen molar-refractivity contribution in [3.05, 3.63) is 83.4 Å². The van der Waals surface area contributed by atoms with Gasteiger partial charge in [-0.05, 0) is 61.5 Å². The molecule has 1 amide bonds. The lowest BCUT2D eigenvalue weighted by molar-refractivity contribution is -0.127. The van der Waals surface area contributed by atoms with Crippen LogP contribution in [0.25, 0.3) is 0 Å². The van der Waals surface area contributed by atoms with Gasteiger partial charge in [0.1, 0.15) is 11.3 Å². The van der Waals surface area contributed by atoms with E-state index in [4.69, 9.17) is 4.74 Å². The molecule has 0 saturated carbocycles. The Morgan fingerprint density at radius 3 is 2.45 bits per heavy atom. The van der Waals surface area contributed by atoms with Gasteiger partial charge in [0.05, 0.1) is 12.5 Å². The van der Waals surface area contributed by atoms with Crippen LogP contribution in [0.3, 0.4) is 0 Å². The number of rotatable bonds is 4. The Balaban J connectivity index is 1.83. The van der Waals surface area contributed by atoms with Crippen LogP contribution in [0.1, 0.15) is 27.9 Å². The number of carbonyl (C=O) groups is 2. The lowest BCUT2D eigenvalue weighted by atomic mass is 9.59. The number of benzene rings is 3. The molecule has 0 radical (unpaired) electrons. The van der Waals surface area contributed by atoms with Crippen LogP contribution in [0.5, 0.6) is 17.2 Å². The number of amides is 1. The van der Waals surface area contributed by atoms with Gasteiger partial charge in [0.25, 0.3) is 5.91 Å². The highest BCUT2D eigenvalue weighted by molar-refractivity contribution is 6.16. The third kappa shape index (κ3) is 2.66. The summed E-state index contributed by atoms with van der Waals surface area (Å²) in [7, 11) is 3.39. The molecule has 2 aliphatic rings. The summed E-state index contributed by atoms with van der Waals surface area (Å²) >= 11 is 0. The second kappa shape index (κ2) is 7.35. The normalized spacial score (nSPS) is 24.0. The minimum Gasteiger partial charge on any atom is -0.504 e.